The molecular formula is C11H23NO. The summed E-state index contributed by atoms with van der Waals surface area (Å²) in [7, 11) is 0. The fraction of sp³-hybridized carbons (Fsp3) is 1.00. The van der Waals surface area contributed by atoms with Gasteiger partial charge in [0.05, 0.1) is 0 Å². The lowest BCUT2D eigenvalue weighted by molar-refractivity contribution is 0.199. The second kappa shape index (κ2) is 6.39. The number of aliphatic hydroxyl groups is 1. The molecule has 1 N–H and O–H groups in total. The SMILES string of the molecule is CC1CCCCCN1CCCCO. The van der Waals surface area contributed by atoms with Gasteiger partial charge >= 0.3 is 0 Å². The summed E-state index contributed by atoms with van der Waals surface area (Å²) in [5.41, 5.74) is 0. The highest BCUT2D eigenvalue weighted by molar-refractivity contribution is 4.71. The quantitative estimate of drug-likeness (QED) is 0.677. The van der Waals surface area contributed by atoms with E-state index >= 15 is 0 Å². The molecule has 0 radical (unpaired) electrons. The van der Waals surface area contributed by atoms with E-state index in [1.54, 1.807) is 0 Å². The Morgan fingerprint density at radius 3 is 2.85 bits per heavy atom. The van der Waals surface area contributed by atoms with Crippen LogP contribution in [0.3, 0.4) is 0 Å². The Hall–Kier alpha value is -0.0800. The molecule has 0 amide bonds. The van der Waals surface area contributed by atoms with Gasteiger partial charge in [0.25, 0.3) is 0 Å². The van der Waals surface area contributed by atoms with Crippen molar-refractivity contribution < 1.29 is 5.11 Å². The van der Waals surface area contributed by atoms with E-state index in [2.05, 4.69) is 11.8 Å². The van der Waals surface area contributed by atoms with Crippen molar-refractivity contribution in [1.82, 2.24) is 4.90 Å². The number of hydrogen-bond acceptors (Lipinski definition) is 2. The first-order valence-corrected chi connectivity index (χ1v) is 5.69. The Labute approximate surface area is 81.9 Å². The largest absolute Gasteiger partial charge is 0.396 e. The topological polar surface area (TPSA) is 23.5 Å². The second-order valence-corrected chi connectivity index (χ2v) is 4.17. The number of aliphatic hydroxyl groups excluding tert-OH is 1. The normalized spacial score (nSPS) is 25.8. The summed E-state index contributed by atoms with van der Waals surface area (Å²) < 4.78 is 0. The van der Waals surface area contributed by atoms with E-state index < -0.39 is 0 Å². The van der Waals surface area contributed by atoms with Crippen LogP contribution in [-0.4, -0.2) is 35.7 Å². The minimum atomic E-state index is 0.349. The van der Waals surface area contributed by atoms with Gasteiger partial charge in [-0.15, -0.1) is 0 Å². The number of hydrogen-bond donors (Lipinski definition) is 1. The molecule has 0 saturated carbocycles. The van der Waals surface area contributed by atoms with Gasteiger partial charge in [0.2, 0.25) is 0 Å². The molecule has 0 spiro atoms. The zero-order chi connectivity index (χ0) is 9.52. The fourth-order valence-electron chi connectivity index (χ4n) is 2.09. The number of unbranched alkanes of at least 4 members (excludes halogenated alkanes) is 1. The molecule has 1 atom stereocenters. The monoisotopic (exact) mass is 185 g/mol. The molecule has 0 aromatic rings. The van der Waals surface area contributed by atoms with Crippen molar-refractivity contribution in [3.63, 3.8) is 0 Å². The zero-order valence-corrected chi connectivity index (χ0v) is 8.84. The summed E-state index contributed by atoms with van der Waals surface area (Å²) in [4.78, 5) is 2.59. The van der Waals surface area contributed by atoms with Crippen LogP contribution in [0.4, 0.5) is 0 Å². The van der Waals surface area contributed by atoms with Crippen LogP contribution in [0.25, 0.3) is 0 Å². The highest BCUT2D eigenvalue weighted by Crippen LogP contribution is 2.16. The highest BCUT2D eigenvalue weighted by Gasteiger charge is 2.15. The molecule has 0 aromatic carbocycles. The lowest BCUT2D eigenvalue weighted by atomic mass is 10.1. The van der Waals surface area contributed by atoms with Crippen LogP contribution in [0, 0.1) is 0 Å². The first kappa shape index (κ1) is 11.0. The second-order valence-electron chi connectivity index (χ2n) is 4.17. The minimum absolute atomic E-state index is 0.349. The number of likely N-dealkylation sites (tertiary alicyclic amines) is 1. The molecular weight excluding hydrogens is 162 g/mol. The molecule has 0 bridgehead atoms. The lowest BCUT2D eigenvalue weighted by Crippen LogP contribution is -2.33. The Kier molecular flexibility index (Phi) is 5.40. The van der Waals surface area contributed by atoms with Gasteiger partial charge in [0.15, 0.2) is 0 Å². The van der Waals surface area contributed by atoms with E-state index in [0.29, 0.717) is 6.61 Å². The van der Waals surface area contributed by atoms with Crippen LogP contribution in [0.5, 0.6) is 0 Å². The average molecular weight is 185 g/mol. The predicted molar refractivity (Wildman–Crippen MR) is 55.8 cm³/mol. The van der Waals surface area contributed by atoms with Crippen molar-refractivity contribution in [3.8, 4) is 0 Å². The summed E-state index contributed by atoms with van der Waals surface area (Å²) in [6.45, 7) is 5.14. The first-order chi connectivity index (χ1) is 6.34. The fourth-order valence-corrected chi connectivity index (χ4v) is 2.09. The van der Waals surface area contributed by atoms with Gasteiger partial charge in [-0.25, -0.2) is 0 Å². The molecule has 78 valence electrons. The Morgan fingerprint density at radius 2 is 2.08 bits per heavy atom. The molecule has 1 aliphatic rings. The molecule has 0 aromatic heterocycles. The van der Waals surface area contributed by atoms with Gasteiger partial charge in [-0.3, -0.25) is 0 Å². The minimum Gasteiger partial charge on any atom is -0.396 e. The van der Waals surface area contributed by atoms with Crippen molar-refractivity contribution >= 4 is 0 Å². The van der Waals surface area contributed by atoms with Crippen molar-refractivity contribution in [2.75, 3.05) is 19.7 Å². The van der Waals surface area contributed by atoms with Crippen molar-refractivity contribution in [2.45, 2.75) is 51.5 Å². The van der Waals surface area contributed by atoms with E-state index in [1.165, 1.54) is 38.8 Å². The van der Waals surface area contributed by atoms with Crippen LogP contribution in [0.1, 0.15) is 45.4 Å². The highest BCUT2D eigenvalue weighted by atomic mass is 16.2. The standard InChI is InChI=1S/C11H23NO/c1-11-7-3-2-4-8-12(11)9-5-6-10-13/h11,13H,2-10H2,1H3. The van der Waals surface area contributed by atoms with Crippen LogP contribution < -0.4 is 0 Å². The third kappa shape index (κ3) is 4.10. The number of nitrogens with zero attached hydrogens (tertiary/aromatic N) is 1. The maximum Gasteiger partial charge on any atom is 0.0431 e. The van der Waals surface area contributed by atoms with Crippen LogP contribution in [-0.2, 0) is 0 Å². The maximum atomic E-state index is 8.70. The third-order valence-corrected chi connectivity index (χ3v) is 3.04. The maximum absolute atomic E-state index is 8.70. The summed E-state index contributed by atoms with van der Waals surface area (Å²) in [5, 5.41) is 8.70. The third-order valence-electron chi connectivity index (χ3n) is 3.04. The molecule has 1 heterocycles. The average Bonchev–Trinajstić information content (AvgIpc) is 2.32. The van der Waals surface area contributed by atoms with E-state index in [-0.39, 0.29) is 0 Å². The van der Waals surface area contributed by atoms with Gasteiger partial charge < -0.3 is 10.0 Å². The Bertz CT molecular complexity index is 127. The van der Waals surface area contributed by atoms with Crippen molar-refractivity contribution in [2.24, 2.45) is 0 Å². The summed E-state index contributed by atoms with van der Waals surface area (Å²) in [5.74, 6) is 0. The predicted octanol–water partition coefficient (Wildman–Crippen LogP) is 2.02. The van der Waals surface area contributed by atoms with Gasteiger partial charge in [-0.1, -0.05) is 12.8 Å². The molecule has 1 rings (SSSR count). The molecule has 1 saturated heterocycles. The van der Waals surface area contributed by atoms with E-state index in [0.717, 1.165) is 18.9 Å². The molecule has 13 heavy (non-hydrogen) atoms. The smallest absolute Gasteiger partial charge is 0.0431 e. The van der Waals surface area contributed by atoms with Crippen molar-refractivity contribution in [1.29, 1.82) is 0 Å². The van der Waals surface area contributed by atoms with Gasteiger partial charge in [0, 0.05) is 12.6 Å². The molecule has 2 nitrogen and oxygen atoms in total. The summed E-state index contributed by atoms with van der Waals surface area (Å²) >= 11 is 0. The lowest BCUT2D eigenvalue weighted by Gasteiger charge is -2.26. The van der Waals surface area contributed by atoms with E-state index in [4.69, 9.17) is 5.11 Å². The van der Waals surface area contributed by atoms with Crippen LogP contribution in [0.2, 0.25) is 0 Å². The Morgan fingerprint density at radius 1 is 1.23 bits per heavy atom. The zero-order valence-electron chi connectivity index (χ0n) is 8.84. The first-order valence-electron chi connectivity index (χ1n) is 5.69. The Balaban J connectivity index is 2.19. The summed E-state index contributed by atoms with van der Waals surface area (Å²) in [6, 6.07) is 0.765. The van der Waals surface area contributed by atoms with Crippen molar-refractivity contribution in [3.05, 3.63) is 0 Å². The van der Waals surface area contributed by atoms with Gasteiger partial charge in [0.1, 0.15) is 0 Å². The summed E-state index contributed by atoms with van der Waals surface area (Å²) in [6.07, 6.45) is 7.64. The van der Waals surface area contributed by atoms with Gasteiger partial charge in [-0.2, -0.15) is 0 Å². The van der Waals surface area contributed by atoms with Crippen LogP contribution >= 0.6 is 0 Å². The van der Waals surface area contributed by atoms with E-state index in [1.807, 2.05) is 0 Å². The molecule has 1 unspecified atom stereocenters. The van der Waals surface area contributed by atoms with Gasteiger partial charge in [-0.05, 0) is 45.7 Å². The van der Waals surface area contributed by atoms with E-state index in [9.17, 15) is 0 Å². The van der Waals surface area contributed by atoms with Crippen LogP contribution in [0.15, 0.2) is 0 Å². The number of rotatable bonds is 4. The molecule has 1 aliphatic heterocycles. The molecule has 1 fully saturated rings. The molecule has 0 aliphatic carbocycles. The molecule has 2 heteroatoms.